The first-order chi connectivity index (χ1) is 13.3. The molecule has 0 bridgehead atoms. The molecule has 4 nitrogen and oxygen atoms in total. The van der Waals surface area contributed by atoms with Gasteiger partial charge in [-0.25, -0.2) is 4.68 Å². The van der Waals surface area contributed by atoms with Crippen LogP contribution < -0.4 is 4.80 Å². The zero-order valence-corrected chi connectivity index (χ0v) is 16.4. The van der Waals surface area contributed by atoms with Crippen molar-refractivity contribution >= 4 is 17.6 Å². The number of aromatic nitrogens is 2. The smallest absolute Gasteiger partial charge is 0.206 e. The van der Waals surface area contributed by atoms with Crippen LogP contribution in [0.2, 0.25) is 0 Å². The normalized spacial score (nSPS) is 16.3. The highest BCUT2D eigenvalue weighted by atomic mass is 32.1. The molecule has 138 valence electrons. The second-order valence-corrected chi connectivity index (χ2v) is 7.87. The van der Waals surface area contributed by atoms with E-state index in [1.807, 2.05) is 29.2 Å². The van der Waals surface area contributed by atoms with E-state index in [0.29, 0.717) is 6.04 Å². The van der Waals surface area contributed by atoms with Crippen molar-refractivity contribution in [3.05, 3.63) is 70.1 Å². The lowest BCUT2D eigenvalue weighted by molar-refractivity contribution is 0.435. The lowest BCUT2D eigenvalue weighted by Gasteiger charge is -2.16. The highest BCUT2D eigenvalue weighted by Crippen LogP contribution is 2.23. The van der Waals surface area contributed by atoms with Crippen molar-refractivity contribution in [3.8, 4) is 11.3 Å². The van der Waals surface area contributed by atoms with Crippen molar-refractivity contribution in [2.24, 2.45) is 10.1 Å². The van der Waals surface area contributed by atoms with Gasteiger partial charge in [-0.05, 0) is 25.8 Å². The lowest BCUT2D eigenvalue weighted by atomic mass is 9.96. The molecule has 0 spiro atoms. The molecular formula is C22H24N4S. The first-order valence-electron chi connectivity index (χ1n) is 9.55. The summed E-state index contributed by atoms with van der Waals surface area (Å²) in [5, 5.41) is 6.93. The second kappa shape index (κ2) is 8.44. The Morgan fingerprint density at radius 1 is 1.11 bits per heavy atom. The van der Waals surface area contributed by atoms with Gasteiger partial charge in [0.05, 0.1) is 18.0 Å². The van der Waals surface area contributed by atoms with E-state index in [1.165, 1.54) is 37.7 Å². The second-order valence-electron chi connectivity index (χ2n) is 7.03. The van der Waals surface area contributed by atoms with Crippen LogP contribution in [0.25, 0.3) is 11.3 Å². The van der Waals surface area contributed by atoms with Crippen LogP contribution in [0.4, 0.5) is 0 Å². The number of nitrogens with zero attached hydrogens (tertiary/aromatic N) is 4. The summed E-state index contributed by atoms with van der Waals surface area (Å²) < 4.78 is 1.98. The zero-order chi connectivity index (χ0) is 18.5. The summed E-state index contributed by atoms with van der Waals surface area (Å²) in [5.74, 6) is 0. The lowest BCUT2D eigenvalue weighted by Crippen LogP contribution is -2.19. The third kappa shape index (κ3) is 4.42. The minimum atomic E-state index is 0.420. The Kier molecular flexibility index (Phi) is 5.58. The number of hydrogen-bond acceptors (Lipinski definition) is 4. The molecule has 5 heteroatoms. The van der Waals surface area contributed by atoms with E-state index in [9.17, 15) is 0 Å². The molecule has 0 amide bonds. The molecule has 2 aromatic heterocycles. The predicted molar refractivity (Wildman–Crippen MR) is 112 cm³/mol. The molecule has 0 N–H and O–H groups in total. The van der Waals surface area contributed by atoms with Gasteiger partial charge in [-0.15, -0.1) is 11.3 Å². The molecule has 4 rings (SSSR count). The van der Waals surface area contributed by atoms with Gasteiger partial charge in [0.15, 0.2) is 0 Å². The molecule has 3 aromatic rings. The number of benzene rings is 1. The van der Waals surface area contributed by atoms with Crippen molar-refractivity contribution in [2.45, 2.75) is 45.1 Å². The minimum Gasteiger partial charge on any atom is -0.264 e. The van der Waals surface area contributed by atoms with Crippen LogP contribution in [0.1, 0.15) is 43.2 Å². The molecule has 0 atom stereocenters. The Labute approximate surface area is 164 Å². The summed E-state index contributed by atoms with van der Waals surface area (Å²) in [6.45, 7) is 2.11. The molecule has 1 aliphatic rings. The quantitative estimate of drug-likeness (QED) is 0.589. The van der Waals surface area contributed by atoms with Crippen LogP contribution in [0.5, 0.6) is 0 Å². The maximum absolute atomic E-state index is 5.05. The average molecular weight is 377 g/mol. The van der Waals surface area contributed by atoms with E-state index in [-0.39, 0.29) is 0 Å². The topological polar surface area (TPSA) is 42.5 Å². The van der Waals surface area contributed by atoms with E-state index >= 15 is 0 Å². The van der Waals surface area contributed by atoms with Crippen LogP contribution in [0, 0.1) is 6.92 Å². The Balaban J connectivity index is 1.76. The maximum Gasteiger partial charge on any atom is 0.206 e. The number of aryl methyl sites for hydroxylation is 1. The molecule has 27 heavy (non-hydrogen) atoms. The fraction of sp³-hybridized carbons (Fsp3) is 0.318. The molecule has 1 fully saturated rings. The molecule has 0 unspecified atom stereocenters. The highest BCUT2D eigenvalue weighted by Gasteiger charge is 2.14. The third-order valence-corrected chi connectivity index (χ3v) is 5.74. The average Bonchev–Trinajstić information content (AvgIpc) is 3.11. The van der Waals surface area contributed by atoms with Gasteiger partial charge in [-0.3, -0.25) is 9.98 Å². The molecule has 1 aliphatic carbocycles. The molecule has 0 aliphatic heterocycles. The van der Waals surface area contributed by atoms with Crippen LogP contribution >= 0.6 is 11.3 Å². The molecular weight excluding hydrogens is 352 g/mol. The van der Waals surface area contributed by atoms with Gasteiger partial charge in [0, 0.05) is 28.9 Å². The monoisotopic (exact) mass is 376 g/mol. The van der Waals surface area contributed by atoms with Crippen LogP contribution in [0.3, 0.4) is 0 Å². The van der Waals surface area contributed by atoms with Crippen molar-refractivity contribution in [2.75, 3.05) is 0 Å². The van der Waals surface area contributed by atoms with Crippen LogP contribution in [0.15, 0.2) is 64.3 Å². The molecule has 2 heterocycles. The number of pyridine rings is 1. The van der Waals surface area contributed by atoms with Gasteiger partial charge in [0.25, 0.3) is 0 Å². The van der Waals surface area contributed by atoms with Crippen molar-refractivity contribution in [3.63, 3.8) is 0 Å². The van der Waals surface area contributed by atoms with Gasteiger partial charge in [-0.1, -0.05) is 55.2 Å². The van der Waals surface area contributed by atoms with E-state index in [1.54, 1.807) is 17.5 Å². The maximum atomic E-state index is 5.05. The Morgan fingerprint density at radius 2 is 1.93 bits per heavy atom. The van der Waals surface area contributed by atoms with E-state index < -0.39 is 0 Å². The van der Waals surface area contributed by atoms with E-state index in [2.05, 4.69) is 41.6 Å². The molecule has 1 saturated carbocycles. The van der Waals surface area contributed by atoms with E-state index in [4.69, 9.17) is 10.1 Å². The fourth-order valence-corrected chi connectivity index (χ4v) is 4.27. The van der Waals surface area contributed by atoms with E-state index in [0.717, 1.165) is 21.6 Å². The first-order valence-corrected chi connectivity index (χ1v) is 10.4. The van der Waals surface area contributed by atoms with Gasteiger partial charge in [-0.2, -0.15) is 5.10 Å². The van der Waals surface area contributed by atoms with Crippen molar-refractivity contribution < 1.29 is 0 Å². The Bertz CT molecular complexity index is 962. The summed E-state index contributed by atoms with van der Waals surface area (Å²) in [6.07, 6.45) is 11.7. The number of hydrogen-bond donors (Lipinski definition) is 0. The Hall–Kier alpha value is -2.53. The van der Waals surface area contributed by atoms with Crippen molar-refractivity contribution in [1.82, 2.24) is 9.66 Å². The largest absolute Gasteiger partial charge is 0.264 e. The summed E-state index contributed by atoms with van der Waals surface area (Å²) >= 11 is 1.67. The summed E-state index contributed by atoms with van der Waals surface area (Å²) in [7, 11) is 0. The molecule has 1 aromatic carbocycles. The third-order valence-electron chi connectivity index (χ3n) is 4.91. The van der Waals surface area contributed by atoms with Crippen LogP contribution in [-0.4, -0.2) is 21.9 Å². The van der Waals surface area contributed by atoms with Crippen LogP contribution in [-0.2, 0) is 0 Å². The first kappa shape index (κ1) is 17.9. The molecule has 0 saturated heterocycles. The van der Waals surface area contributed by atoms with Gasteiger partial charge in [0.1, 0.15) is 0 Å². The highest BCUT2D eigenvalue weighted by molar-refractivity contribution is 7.07. The predicted octanol–water partition coefficient (Wildman–Crippen LogP) is 5.04. The summed E-state index contributed by atoms with van der Waals surface area (Å²) in [4.78, 5) is 10.2. The van der Waals surface area contributed by atoms with Crippen molar-refractivity contribution in [1.29, 1.82) is 0 Å². The standard InChI is InChI=1S/C22H24N4S/c1-17-9-11-19(12-10-17)21-16-27-22(25-20-7-3-2-4-8-20)26(21)24-15-18-6-5-13-23-14-18/h5-6,9-16,20H,2-4,7-8H2,1H3. The van der Waals surface area contributed by atoms with Gasteiger partial charge >= 0.3 is 0 Å². The van der Waals surface area contributed by atoms with Gasteiger partial charge in [0.2, 0.25) is 4.80 Å². The van der Waals surface area contributed by atoms with Gasteiger partial charge < -0.3 is 0 Å². The zero-order valence-electron chi connectivity index (χ0n) is 15.6. The fourth-order valence-electron chi connectivity index (χ4n) is 3.37. The molecule has 0 radical (unpaired) electrons. The number of rotatable bonds is 4. The summed E-state index contributed by atoms with van der Waals surface area (Å²) in [5.41, 5.74) is 4.47. The minimum absolute atomic E-state index is 0.420. The Morgan fingerprint density at radius 3 is 2.67 bits per heavy atom. The SMILES string of the molecule is Cc1ccc(-c2csc(=NC3CCCCC3)n2N=Cc2cccnc2)cc1. The number of thiazole rings is 1. The summed E-state index contributed by atoms with van der Waals surface area (Å²) in [6, 6.07) is 12.9.